The van der Waals surface area contributed by atoms with Crippen LogP contribution in [0.5, 0.6) is 0 Å². The van der Waals surface area contributed by atoms with Crippen molar-refractivity contribution in [3.63, 3.8) is 0 Å². The summed E-state index contributed by atoms with van der Waals surface area (Å²) in [7, 11) is 0. The Morgan fingerprint density at radius 2 is 2.07 bits per heavy atom. The van der Waals surface area contributed by atoms with Gasteiger partial charge in [-0.1, -0.05) is 27.8 Å². The van der Waals surface area contributed by atoms with Gasteiger partial charge >= 0.3 is 0 Å². The summed E-state index contributed by atoms with van der Waals surface area (Å²) in [6.45, 7) is 0. The zero-order chi connectivity index (χ0) is 10.5. The van der Waals surface area contributed by atoms with Gasteiger partial charge in [0.05, 0.1) is 15.1 Å². The standard InChI is InChI=1S/C11H7BrN2S/c12-6-1-3-9-4-5-10(15-9)11-13-7-2-8-14-11/h2,4-5,7-8H,6H2. The second kappa shape index (κ2) is 5.06. The SMILES string of the molecule is BrCC#Cc1ccc(-c2ncccn2)s1. The van der Waals surface area contributed by atoms with Crippen molar-refractivity contribution in [1.29, 1.82) is 0 Å². The van der Waals surface area contributed by atoms with E-state index in [0.717, 1.165) is 15.6 Å². The van der Waals surface area contributed by atoms with Gasteiger partial charge < -0.3 is 0 Å². The van der Waals surface area contributed by atoms with Crippen molar-refractivity contribution in [1.82, 2.24) is 9.97 Å². The van der Waals surface area contributed by atoms with Gasteiger partial charge in [-0.15, -0.1) is 11.3 Å². The summed E-state index contributed by atoms with van der Waals surface area (Å²) in [6.07, 6.45) is 3.48. The molecule has 0 aliphatic heterocycles. The fraction of sp³-hybridized carbons (Fsp3) is 0.0909. The van der Waals surface area contributed by atoms with Crippen LogP contribution in [0.2, 0.25) is 0 Å². The van der Waals surface area contributed by atoms with Gasteiger partial charge in [-0.05, 0) is 18.2 Å². The van der Waals surface area contributed by atoms with Crippen molar-refractivity contribution >= 4 is 27.3 Å². The molecule has 0 aromatic carbocycles. The summed E-state index contributed by atoms with van der Waals surface area (Å²) in [5.41, 5.74) is 0. The maximum absolute atomic E-state index is 4.18. The molecule has 0 saturated heterocycles. The van der Waals surface area contributed by atoms with Crippen LogP contribution in [0.3, 0.4) is 0 Å². The van der Waals surface area contributed by atoms with E-state index in [1.165, 1.54) is 0 Å². The minimum Gasteiger partial charge on any atom is -0.236 e. The van der Waals surface area contributed by atoms with Gasteiger partial charge in [0.25, 0.3) is 0 Å². The van der Waals surface area contributed by atoms with Gasteiger partial charge in [0.2, 0.25) is 0 Å². The Morgan fingerprint density at radius 1 is 1.27 bits per heavy atom. The Hall–Kier alpha value is -1.18. The Balaban J connectivity index is 2.28. The summed E-state index contributed by atoms with van der Waals surface area (Å²) >= 11 is 4.87. The first-order chi connectivity index (χ1) is 7.40. The third kappa shape index (κ3) is 2.65. The van der Waals surface area contributed by atoms with Gasteiger partial charge in [0.15, 0.2) is 5.82 Å². The van der Waals surface area contributed by atoms with Crippen LogP contribution in [-0.2, 0) is 0 Å². The van der Waals surface area contributed by atoms with Crippen LogP contribution < -0.4 is 0 Å². The Bertz CT molecular complexity index is 496. The highest BCUT2D eigenvalue weighted by Crippen LogP contribution is 2.23. The van der Waals surface area contributed by atoms with Crippen LogP contribution in [-0.4, -0.2) is 15.3 Å². The van der Waals surface area contributed by atoms with Crippen LogP contribution in [0.1, 0.15) is 4.88 Å². The highest BCUT2D eigenvalue weighted by atomic mass is 79.9. The molecule has 15 heavy (non-hydrogen) atoms. The van der Waals surface area contributed by atoms with Crippen LogP contribution in [0.15, 0.2) is 30.6 Å². The van der Waals surface area contributed by atoms with Crippen molar-refractivity contribution in [2.45, 2.75) is 0 Å². The van der Waals surface area contributed by atoms with Gasteiger partial charge in [0, 0.05) is 12.4 Å². The van der Waals surface area contributed by atoms with Gasteiger partial charge in [0.1, 0.15) is 0 Å². The highest BCUT2D eigenvalue weighted by Gasteiger charge is 2.02. The lowest BCUT2D eigenvalue weighted by Crippen LogP contribution is -1.81. The molecule has 0 amide bonds. The van der Waals surface area contributed by atoms with Gasteiger partial charge in [-0.3, -0.25) is 0 Å². The number of halogens is 1. The minimum atomic E-state index is 0.696. The molecule has 0 spiro atoms. The average Bonchev–Trinajstić information content (AvgIpc) is 2.76. The molecule has 0 atom stereocenters. The van der Waals surface area contributed by atoms with Crippen LogP contribution in [0.4, 0.5) is 0 Å². The molecule has 4 heteroatoms. The quantitative estimate of drug-likeness (QED) is 0.592. The van der Waals surface area contributed by atoms with Gasteiger partial charge in [-0.2, -0.15) is 0 Å². The van der Waals surface area contributed by atoms with Crippen LogP contribution >= 0.6 is 27.3 Å². The van der Waals surface area contributed by atoms with Crippen molar-refractivity contribution in [3.05, 3.63) is 35.5 Å². The first kappa shape index (κ1) is 10.3. The lowest BCUT2D eigenvalue weighted by Gasteiger charge is -1.91. The second-order valence-corrected chi connectivity index (χ2v) is 4.32. The summed E-state index contributed by atoms with van der Waals surface area (Å²) in [5, 5.41) is 0.696. The number of nitrogens with zero attached hydrogens (tertiary/aromatic N) is 2. The number of aromatic nitrogens is 2. The molecule has 0 aliphatic rings. The summed E-state index contributed by atoms with van der Waals surface area (Å²) in [5.74, 6) is 6.77. The van der Waals surface area contributed by atoms with E-state index in [-0.39, 0.29) is 0 Å². The Labute approximate surface area is 101 Å². The van der Waals surface area contributed by atoms with E-state index < -0.39 is 0 Å². The lowest BCUT2D eigenvalue weighted by molar-refractivity contribution is 1.19. The normalized spacial score (nSPS) is 9.40. The highest BCUT2D eigenvalue weighted by molar-refractivity contribution is 9.09. The zero-order valence-electron chi connectivity index (χ0n) is 7.77. The molecule has 2 aromatic heterocycles. The molecule has 2 nitrogen and oxygen atoms in total. The predicted octanol–water partition coefficient (Wildman–Crippen LogP) is 2.95. The van der Waals surface area contributed by atoms with E-state index in [4.69, 9.17) is 0 Å². The number of hydrogen-bond donors (Lipinski definition) is 0. The maximum atomic E-state index is 4.18. The van der Waals surface area contributed by atoms with E-state index in [0.29, 0.717) is 5.33 Å². The molecule has 2 heterocycles. The van der Waals surface area contributed by atoms with Crippen LogP contribution in [0, 0.1) is 11.8 Å². The summed E-state index contributed by atoms with van der Waals surface area (Å²) in [6, 6.07) is 5.80. The molecule has 2 aromatic rings. The van der Waals surface area contributed by atoms with Gasteiger partial charge in [-0.25, -0.2) is 9.97 Å². The molecule has 2 rings (SSSR count). The zero-order valence-corrected chi connectivity index (χ0v) is 10.2. The fourth-order valence-corrected chi connectivity index (χ4v) is 2.04. The first-order valence-corrected chi connectivity index (χ1v) is 6.26. The molecule has 0 fully saturated rings. The Morgan fingerprint density at radius 3 is 2.80 bits per heavy atom. The molecular weight excluding hydrogens is 272 g/mol. The third-order valence-electron chi connectivity index (χ3n) is 1.67. The molecule has 74 valence electrons. The largest absolute Gasteiger partial charge is 0.236 e. The van der Waals surface area contributed by atoms with Crippen LogP contribution in [0.25, 0.3) is 10.7 Å². The predicted molar refractivity (Wildman–Crippen MR) is 66.0 cm³/mol. The van der Waals surface area contributed by atoms with E-state index in [1.807, 2.05) is 18.2 Å². The lowest BCUT2D eigenvalue weighted by atomic mass is 10.4. The Kier molecular flexibility index (Phi) is 3.49. The van der Waals surface area contributed by atoms with Crippen molar-refractivity contribution < 1.29 is 0 Å². The van der Waals surface area contributed by atoms with E-state index >= 15 is 0 Å². The number of hydrogen-bond acceptors (Lipinski definition) is 3. The maximum Gasteiger partial charge on any atom is 0.169 e. The monoisotopic (exact) mass is 278 g/mol. The topological polar surface area (TPSA) is 25.8 Å². The number of alkyl halides is 1. The fourth-order valence-electron chi connectivity index (χ4n) is 1.07. The van der Waals surface area contributed by atoms with E-state index in [1.54, 1.807) is 23.7 Å². The number of thiophene rings is 1. The minimum absolute atomic E-state index is 0.696. The molecule has 0 bridgehead atoms. The van der Waals surface area contributed by atoms with E-state index in [9.17, 15) is 0 Å². The second-order valence-electron chi connectivity index (χ2n) is 2.67. The first-order valence-electron chi connectivity index (χ1n) is 4.32. The number of rotatable bonds is 1. The summed E-state index contributed by atoms with van der Waals surface area (Å²) in [4.78, 5) is 10.5. The summed E-state index contributed by atoms with van der Waals surface area (Å²) < 4.78 is 0. The van der Waals surface area contributed by atoms with Crippen molar-refractivity contribution in [3.8, 4) is 22.5 Å². The third-order valence-corrected chi connectivity index (χ3v) is 2.95. The molecule has 0 saturated carbocycles. The van der Waals surface area contributed by atoms with Crippen molar-refractivity contribution in [2.75, 3.05) is 5.33 Å². The molecule has 0 N–H and O–H groups in total. The van der Waals surface area contributed by atoms with Crippen molar-refractivity contribution in [2.24, 2.45) is 0 Å². The molecular formula is C11H7BrN2S. The van der Waals surface area contributed by atoms with E-state index in [2.05, 4.69) is 37.7 Å². The smallest absolute Gasteiger partial charge is 0.169 e. The molecule has 0 aliphatic carbocycles. The molecule has 0 unspecified atom stereocenters. The molecule has 0 radical (unpaired) electrons. The average molecular weight is 279 g/mol.